The Morgan fingerprint density at radius 2 is 1.67 bits per heavy atom. The molecule has 2 atom stereocenters. The number of benzene rings is 2. The van der Waals surface area contributed by atoms with E-state index in [-0.39, 0.29) is 4.83 Å². The van der Waals surface area contributed by atoms with Gasteiger partial charge in [-0.1, -0.05) is 70.5 Å². The second kappa shape index (κ2) is 4.52. The van der Waals surface area contributed by atoms with Gasteiger partial charge in [-0.25, -0.2) is 0 Å². The van der Waals surface area contributed by atoms with Crippen molar-refractivity contribution in [2.75, 3.05) is 0 Å². The summed E-state index contributed by atoms with van der Waals surface area (Å²) >= 11 is 3.67. The fraction of sp³-hybridized carbons (Fsp3) is 0.250. The minimum atomic E-state index is -0.921. The van der Waals surface area contributed by atoms with Crippen molar-refractivity contribution in [2.45, 2.75) is 23.3 Å². The maximum absolute atomic E-state index is 11.2. The van der Waals surface area contributed by atoms with Crippen LogP contribution >= 0.6 is 15.9 Å². The average Bonchev–Trinajstić information content (AvgIpc) is 2.44. The van der Waals surface area contributed by atoms with Gasteiger partial charge < -0.3 is 5.11 Å². The molecule has 2 aromatic carbocycles. The van der Waals surface area contributed by atoms with Crippen molar-refractivity contribution in [3.63, 3.8) is 0 Å². The number of halogens is 1. The van der Waals surface area contributed by atoms with Crippen molar-refractivity contribution >= 4 is 15.9 Å². The summed E-state index contributed by atoms with van der Waals surface area (Å²) in [7, 11) is 0. The fourth-order valence-corrected chi connectivity index (χ4v) is 3.54. The molecule has 92 valence electrons. The number of alkyl halides is 1. The van der Waals surface area contributed by atoms with Crippen molar-refractivity contribution in [2.24, 2.45) is 0 Å². The van der Waals surface area contributed by atoms with E-state index in [1.54, 1.807) is 0 Å². The van der Waals surface area contributed by atoms with Crippen LogP contribution in [0.3, 0.4) is 0 Å². The van der Waals surface area contributed by atoms with Gasteiger partial charge in [0.25, 0.3) is 0 Å². The summed E-state index contributed by atoms with van der Waals surface area (Å²) in [5.74, 6) is 0. The molecule has 2 unspecified atom stereocenters. The lowest BCUT2D eigenvalue weighted by molar-refractivity contribution is 0.0705. The number of aliphatic hydroxyl groups is 1. The van der Waals surface area contributed by atoms with E-state index in [0.717, 1.165) is 24.0 Å². The van der Waals surface area contributed by atoms with Crippen LogP contribution in [-0.2, 0) is 12.0 Å². The smallest absolute Gasteiger partial charge is 0.127 e. The van der Waals surface area contributed by atoms with E-state index in [0.29, 0.717) is 0 Å². The highest BCUT2D eigenvalue weighted by molar-refractivity contribution is 9.09. The predicted octanol–water partition coefficient (Wildman–Crippen LogP) is 3.63. The summed E-state index contributed by atoms with van der Waals surface area (Å²) in [5.41, 5.74) is 2.32. The normalized spacial score (nSPS) is 26.7. The maximum atomic E-state index is 11.2. The Morgan fingerprint density at radius 1 is 1.00 bits per heavy atom. The lowest BCUT2D eigenvalue weighted by Crippen LogP contribution is -2.41. The van der Waals surface area contributed by atoms with Crippen LogP contribution in [0.25, 0.3) is 0 Å². The molecule has 0 spiro atoms. The van der Waals surface area contributed by atoms with E-state index in [9.17, 15) is 5.11 Å². The fourth-order valence-electron chi connectivity index (χ4n) is 2.80. The molecular formula is C16H15BrO. The molecule has 0 aliphatic heterocycles. The van der Waals surface area contributed by atoms with Gasteiger partial charge in [-0.2, -0.15) is 0 Å². The third-order valence-corrected chi connectivity index (χ3v) is 4.88. The summed E-state index contributed by atoms with van der Waals surface area (Å²) < 4.78 is 0. The molecule has 0 aromatic heterocycles. The molecule has 1 N–H and O–H groups in total. The number of rotatable bonds is 1. The zero-order valence-electron chi connectivity index (χ0n) is 10.0. The van der Waals surface area contributed by atoms with Gasteiger partial charge in [0.2, 0.25) is 0 Å². The number of hydrogen-bond acceptors (Lipinski definition) is 1. The molecule has 0 heterocycles. The lowest BCUT2D eigenvalue weighted by Gasteiger charge is -2.39. The molecule has 1 nitrogen and oxygen atoms in total. The van der Waals surface area contributed by atoms with Gasteiger partial charge in [0, 0.05) is 0 Å². The van der Waals surface area contributed by atoms with Gasteiger partial charge in [0.05, 0.1) is 4.83 Å². The van der Waals surface area contributed by atoms with Crippen LogP contribution in [0.1, 0.15) is 23.1 Å². The molecule has 18 heavy (non-hydrogen) atoms. The Hall–Kier alpha value is -1.12. The maximum Gasteiger partial charge on any atom is 0.127 e. The predicted molar refractivity (Wildman–Crippen MR) is 76.9 cm³/mol. The monoisotopic (exact) mass is 302 g/mol. The van der Waals surface area contributed by atoms with Crippen LogP contribution in [-0.4, -0.2) is 9.93 Å². The zero-order valence-corrected chi connectivity index (χ0v) is 11.6. The van der Waals surface area contributed by atoms with Gasteiger partial charge in [-0.15, -0.1) is 0 Å². The quantitative estimate of drug-likeness (QED) is 0.798. The van der Waals surface area contributed by atoms with Crippen LogP contribution in [0.2, 0.25) is 0 Å². The summed E-state index contributed by atoms with van der Waals surface area (Å²) in [4.78, 5) is 0.0577. The van der Waals surface area contributed by atoms with Crippen LogP contribution in [0.15, 0.2) is 54.6 Å². The molecular weight excluding hydrogens is 288 g/mol. The zero-order chi connectivity index (χ0) is 12.6. The molecule has 1 aliphatic carbocycles. The Balaban J connectivity index is 2.21. The third-order valence-electron chi connectivity index (χ3n) is 3.76. The minimum absolute atomic E-state index is 0.0577. The third kappa shape index (κ3) is 1.72. The number of hydrogen-bond donors (Lipinski definition) is 1. The second-order valence-electron chi connectivity index (χ2n) is 4.80. The van der Waals surface area contributed by atoms with Crippen molar-refractivity contribution in [3.8, 4) is 0 Å². The average molecular weight is 303 g/mol. The van der Waals surface area contributed by atoms with E-state index in [2.05, 4.69) is 22.0 Å². The van der Waals surface area contributed by atoms with Gasteiger partial charge in [-0.05, 0) is 29.5 Å². The number of aryl methyl sites for hydroxylation is 1. The van der Waals surface area contributed by atoms with Crippen molar-refractivity contribution in [1.29, 1.82) is 0 Å². The Morgan fingerprint density at radius 3 is 2.44 bits per heavy atom. The molecule has 2 heteroatoms. The first-order valence-corrected chi connectivity index (χ1v) is 7.15. The molecule has 0 amide bonds. The SMILES string of the molecule is OC1(c2ccccc2)c2ccccc2CCC1Br. The highest BCUT2D eigenvalue weighted by Gasteiger charge is 2.42. The topological polar surface area (TPSA) is 20.2 Å². The first kappa shape index (κ1) is 11.9. The molecule has 0 bridgehead atoms. The highest BCUT2D eigenvalue weighted by atomic mass is 79.9. The van der Waals surface area contributed by atoms with Gasteiger partial charge in [0.1, 0.15) is 5.60 Å². The molecule has 3 rings (SSSR count). The molecule has 1 aliphatic rings. The van der Waals surface area contributed by atoms with Crippen LogP contribution < -0.4 is 0 Å². The lowest BCUT2D eigenvalue weighted by atomic mass is 9.75. The van der Waals surface area contributed by atoms with Gasteiger partial charge in [0.15, 0.2) is 0 Å². The van der Waals surface area contributed by atoms with Gasteiger partial charge >= 0.3 is 0 Å². The second-order valence-corrected chi connectivity index (χ2v) is 5.90. The highest BCUT2D eigenvalue weighted by Crippen LogP contribution is 2.43. The first-order valence-electron chi connectivity index (χ1n) is 6.23. The van der Waals surface area contributed by atoms with Crippen molar-refractivity contribution in [1.82, 2.24) is 0 Å². The van der Waals surface area contributed by atoms with Crippen LogP contribution in [0.5, 0.6) is 0 Å². The minimum Gasteiger partial charge on any atom is -0.379 e. The van der Waals surface area contributed by atoms with Crippen LogP contribution in [0, 0.1) is 0 Å². The Kier molecular flexibility index (Phi) is 3.00. The summed E-state index contributed by atoms with van der Waals surface area (Å²) in [6, 6.07) is 18.1. The molecule has 2 aromatic rings. The molecule has 0 saturated heterocycles. The summed E-state index contributed by atoms with van der Waals surface area (Å²) in [5, 5.41) is 11.2. The Labute approximate surface area is 116 Å². The van der Waals surface area contributed by atoms with Gasteiger partial charge in [-0.3, -0.25) is 0 Å². The summed E-state index contributed by atoms with van der Waals surface area (Å²) in [6.45, 7) is 0. The van der Waals surface area contributed by atoms with Crippen LogP contribution in [0.4, 0.5) is 0 Å². The molecule has 0 saturated carbocycles. The van der Waals surface area contributed by atoms with E-state index >= 15 is 0 Å². The van der Waals surface area contributed by atoms with E-state index < -0.39 is 5.60 Å². The molecule has 0 radical (unpaired) electrons. The molecule has 0 fully saturated rings. The Bertz CT molecular complexity index is 552. The first-order chi connectivity index (χ1) is 8.73. The van der Waals surface area contributed by atoms with E-state index in [1.165, 1.54) is 5.56 Å². The summed E-state index contributed by atoms with van der Waals surface area (Å²) in [6.07, 6.45) is 1.96. The van der Waals surface area contributed by atoms with E-state index in [1.807, 2.05) is 48.5 Å². The van der Waals surface area contributed by atoms with Crippen molar-refractivity contribution < 1.29 is 5.11 Å². The standard InChI is InChI=1S/C16H15BrO/c17-15-11-10-12-6-4-5-9-14(12)16(15,18)13-7-2-1-3-8-13/h1-9,15,18H,10-11H2. The van der Waals surface area contributed by atoms with Crippen molar-refractivity contribution in [3.05, 3.63) is 71.3 Å². The largest absolute Gasteiger partial charge is 0.379 e. The van der Waals surface area contributed by atoms with E-state index in [4.69, 9.17) is 0 Å². The number of fused-ring (bicyclic) bond motifs is 1.